The van der Waals surface area contributed by atoms with Gasteiger partial charge in [0, 0.05) is 25.0 Å². The number of nitrogens with one attached hydrogen (secondary N) is 1. The molecule has 0 amide bonds. The quantitative estimate of drug-likeness (QED) is 0.704. The monoisotopic (exact) mass is 209 g/mol. The summed E-state index contributed by atoms with van der Waals surface area (Å²) in [5.41, 5.74) is 0. The van der Waals surface area contributed by atoms with Crippen molar-refractivity contribution in [1.82, 2.24) is 15.1 Å². The molecule has 1 aliphatic rings. The molecule has 0 spiro atoms. The zero-order valence-electron chi connectivity index (χ0n) is 8.97. The van der Waals surface area contributed by atoms with Crippen molar-refractivity contribution in [2.24, 2.45) is 0 Å². The topological polar surface area (TPSA) is 50.1 Å². The summed E-state index contributed by atoms with van der Waals surface area (Å²) in [4.78, 5) is 0. The molecule has 2 N–H and O–H groups in total. The molecule has 4 nitrogen and oxygen atoms in total. The highest BCUT2D eigenvalue weighted by atomic mass is 16.3. The van der Waals surface area contributed by atoms with Gasteiger partial charge in [-0.05, 0) is 38.3 Å². The van der Waals surface area contributed by atoms with Gasteiger partial charge in [0.2, 0.25) is 0 Å². The molecule has 0 unspecified atom stereocenters. The largest absolute Gasteiger partial charge is 0.392 e. The highest BCUT2D eigenvalue weighted by molar-refractivity contribution is 4.82. The van der Waals surface area contributed by atoms with Crippen LogP contribution in [-0.2, 0) is 6.54 Å². The van der Waals surface area contributed by atoms with E-state index >= 15 is 0 Å². The van der Waals surface area contributed by atoms with Crippen LogP contribution in [0.2, 0.25) is 0 Å². The van der Waals surface area contributed by atoms with Crippen LogP contribution in [0.3, 0.4) is 0 Å². The fourth-order valence-corrected chi connectivity index (χ4v) is 2.14. The molecule has 0 bridgehead atoms. The molecule has 1 aliphatic carbocycles. The van der Waals surface area contributed by atoms with Crippen LogP contribution in [-0.4, -0.2) is 33.6 Å². The van der Waals surface area contributed by atoms with Crippen LogP contribution in [0.1, 0.15) is 25.7 Å². The number of nitrogens with zero attached hydrogens (tertiary/aromatic N) is 2. The third-order valence-corrected chi connectivity index (χ3v) is 3.01. The first kappa shape index (κ1) is 10.6. The Bertz CT molecular complexity index is 273. The molecule has 0 aromatic carbocycles. The molecule has 0 saturated heterocycles. The van der Waals surface area contributed by atoms with Crippen molar-refractivity contribution in [3.05, 3.63) is 18.5 Å². The minimum absolute atomic E-state index is 0.130. The molecule has 4 heteroatoms. The van der Waals surface area contributed by atoms with E-state index in [1.807, 2.05) is 16.9 Å². The molecular weight excluding hydrogens is 190 g/mol. The second-order valence-corrected chi connectivity index (χ2v) is 4.18. The maximum Gasteiger partial charge on any atom is 0.0693 e. The van der Waals surface area contributed by atoms with E-state index in [9.17, 15) is 5.11 Å². The van der Waals surface area contributed by atoms with E-state index in [1.165, 1.54) is 0 Å². The number of rotatable bonds is 5. The van der Waals surface area contributed by atoms with Crippen LogP contribution in [0, 0.1) is 0 Å². The van der Waals surface area contributed by atoms with Crippen LogP contribution in [0.15, 0.2) is 18.5 Å². The zero-order valence-corrected chi connectivity index (χ0v) is 8.97. The lowest BCUT2D eigenvalue weighted by Crippen LogP contribution is -2.36. The molecule has 2 rings (SSSR count). The number of hydrogen-bond acceptors (Lipinski definition) is 3. The first-order chi connectivity index (χ1) is 7.36. The van der Waals surface area contributed by atoms with Crippen molar-refractivity contribution in [2.45, 2.75) is 44.4 Å². The lowest BCUT2D eigenvalue weighted by atomic mass is 10.2. The van der Waals surface area contributed by atoms with Gasteiger partial charge in [-0.1, -0.05) is 0 Å². The number of hydrogen-bond donors (Lipinski definition) is 2. The highest BCUT2D eigenvalue weighted by Gasteiger charge is 2.23. The van der Waals surface area contributed by atoms with E-state index in [0.29, 0.717) is 6.04 Å². The molecule has 15 heavy (non-hydrogen) atoms. The Kier molecular flexibility index (Phi) is 3.75. The Morgan fingerprint density at radius 2 is 2.40 bits per heavy atom. The Hall–Kier alpha value is -0.870. The van der Waals surface area contributed by atoms with Crippen LogP contribution in [0.4, 0.5) is 0 Å². The van der Waals surface area contributed by atoms with Crippen LogP contribution >= 0.6 is 0 Å². The Labute approximate surface area is 90.3 Å². The molecule has 0 radical (unpaired) electrons. The van der Waals surface area contributed by atoms with E-state index in [4.69, 9.17) is 0 Å². The second-order valence-electron chi connectivity index (χ2n) is 4.18. The first-order valence-corrected chi connectivity index (χ1v) is 5.75. The van der Waals surface area contributed by atoms with Gasteiger partial charge < -0.3 is 10.4 Å². The normalized spacial score (nSPS) is 25.9. The standard InChI is InChI=1S/C11H19N3O/c15-11-5-1-4-10(11)12-6-2-8-14-9-3-7-13-14/h3,7,9-12,15H,1-2,4-6,8H2/t10-,11-/m0/s1. The van der Waals surface area contributed by atoms with Gasteiger partial charge in [0.15, 0.2) is 0 Å². The van der Waals surface area contributed by atoms with Crippen LogP contribution < -0.4 is 5.32 Å². The average Bonchev–Trinajstić information content (AvgIpc) is 2.85. The third-order valence-electron chi connectivity index (χ3n) is 3.01. The van der Waals surface area contributed by atoms with Crippen LogP contribution in [0.25, 0.3) is 0 Å². The summed E-state index contributed by atoms with van der Waals surface area (Å²) in [6.45, 7) is 1.91. The predicted molar refractivity (Wildman–Crippen MR) is 58.5 cm³/mol. The van der Waals surface area contributed by atoms with Gasteiger partial charge in [-0.3, -0.25) is 4.68 Å². The summed E-state index contributed by atoms with van der Waals surface area (Å²) in [6.07, 6.45) is 7.93. The highest BCUT2D eigenvalue weighted by Crippen LogP contribution is 2.18. The number of aliphatic hydroxyl groups excluding tert-OH is 1. The molecule has 84 valence electrons. The molecule has 1 heterocycles. The predicted octanol–water partition coefficient (Wildman–Crippen LogP) is 0.776. The summed E-state index contributed by atoms with van der Waals surface area (Å²) in [5.74, 6) is 0. The Morgan fingerprint density at radius 3 is 3.07 bits per heavy atom. The number of aromatic nitrogens is 2. The third kappa shape index (κ3) is 3.04. The maximum absolute atomic E-state index is 9.59. The molecule has 1 aromatic heterocycles. The molecular formula is C11H19N3O. The minimum Gasteiger partial charge on any atom is -0.392 e. The van der Waals surface area contributed by atoms with Gasteiger partial charge in [0.05, 0.1) is 6.10 Å². The number of aryl methyl sites for hydroxylation is 1. The molecule has 1 saturated carbocycles. The minimum atomic E-state index is -0.130. The molecule has 2 atom stereocenters. The second kappa shape index (κ2) is 5.28. The lowest BCUT2D eigenvalue weighted by Gasteiger charge is -2.16. The maximum atomic E-state index is 9.59. The zero-order chi connectivity index (χ0) is 10.5. The molecule has 0 aliphatic heterocycles. The van der Waals surface area contributed by atoms with Gasteiger partial charge >= 0.3 is 0 Å². The van der Waals surface area contributed by atoms with Crippen molar-refractivity contribution in [1.29, 1.82) is 0 Å². The van der Waals surface area contributed by atoms with Gasteiger partial charge in [-0.25, -0.2) is 0 Å². The van der Waals surface area contributed by atoms with Crippen LogP contribution in [0.5, 0.6) is 0 Å². The van der Waals surface area contributed by atoms with E-state index in [0.717, 1.165) is 38.8 Å². The Balaban J connectivity index is 1.59. The summed E-state index contributed by atoms with van der Waals surface area (Å²) in [6, 6.07) is 2.26. The fraction of sp³-hybridized carbons (Fsp3) is 0.727. The summed E-state index contributed by atoms with van der Waals surface area (Å²) < 4.78 is 1.94. The average molecular weight is 209 g/mol. The van der Waals surface area contributed by atoms with Crippen molar-refractivity contribution >= 4 is 0 Å². The van der Waals surface area contributed by atoms with E-state index < -0.39 is 0 Å². The van der Waals surface area contributed by atoms with Crippen molar-refractivity contribution in [3.8, 4) is 0 Å². The first-order valence-electron chi connectivity index (χ1n) is 5.75. The Morgan fingerprint density at radius 1 is 1.47 bits per heavy atom. The van der Waals surface area contributed by atoms with E-state index in [2.05, 4.69) is 10.4 Å². The summed E-state index contributed by atoms with van der Waals surface area (Å²) in [5, 5.41) is 17.1. The van der Waals surface area contributed by atoms with E-state index in [-0.39, 0.29) is 6.10 Å². The van der Waals surface area contributed by atoms with Gasteiger partial charge in [-0.2, -0.15) is 5.10 Å². The van der Waals surface area contributed by atoms with Gasteiger partial charge in [0.25, 0.3) is 0 Å². The number of aliphatic hydroxyl groups is 1. The summed E-state index contributed by atoms with van der Waals surface area (Å²) >= 11 is 0. The molecule has 1 fully saturated rings. The smallest absolute Gasteiger partial charge is 0.0693 e. The van der Waals surface area contributed by atoms with Gasteiger partial charge in [0.1, 0.15) is 0 Å². The van der Waals surface area contributed by atoms with Crippen molar-refractivity contribution in [2.75, 3.05) is 6.54 Å². The lowest BCUT2D eigenvalue weighted by molar-refractivity contribution is 0.149. The van der Waals surface area contributed by atoms with Crippen molar-refractivity contribution in [3.63, 3.8) is 0 Å². The summed E-state index contributed by atoms with van der Waals surface area (Å²) in [7, 11) is 0. The van der Waals surface area contributed by atoms with E-state index in [1.54, 1.807) is 6.20 Å². The fourth-order valence-electron chi connectivity index (χ4n) is 2.14. The molecule has 1 aromatic rings. The SMILES string of the molecule is O[C@H]1CCC[C@@H]1NCCCn1cccn1. The van der Waals surface area contributed by atoms with Gasteiger partial charge in [-0.15, -0.1) is 0 Å². The van der Waals surface area contributed by atoms with Crippen molar-refractivity contribution < 1.29 is 5.11 Å².